The number of methoxy groups -OCH3 is 2. The van der Waals surface area contributed by atoms with Crippen LogP contribution in [0, 0.1) is 5.92 Å². The summed E-state index contributed by atoms with van der Waals surface area (Å²) in [6, 6.07) is 13.1. The third-order valence-electron chi connectivity index (χ3n) is 5.54. The van der Waals surface area contributed by atoms with Gasteiger partial charge in [0.05, 0.1) is 25.8 Å². The molecule has 6 nitrogen and oxygen atoms in total. The van der Waals surface area contributed by atoms with Gasteiger partial charge in [-0.15, -0.1) is 0 Å². The van der Waals surface area contributed by atoms with Crippen LogP contribution in [0.5, 0.6) is 11.5 Å². The van der Waals surface area contributed by atoms with Crippen molar-refractivity contribution < 1.29 is 19.1 Å². The van der Waals surface area contributed by atoms with Gasteiger partial charge in [-0.05, 0) is 36.1 Å². The van der Waals surface area contributed by atoms with E-state index in [0.717, 1.165) is 17.7 Å². The Morgan fingerprint density at radius 1 is 1.21 bits per heavy atom. The molecule has 1 N–H and O–H groups in total. The van der Waals surface area contributed by atoms with Crippen LogP contribution in [0.15, 0.2) is 42.5 Å². The largest absolute Gasteiger partial charge is 0.497 e. The number of benzene rings is 2. The maximum atomic E-state index is 12.9. The Balaban J connectivity index is 1.77. The zero-order valence-electron chi connectivity index (χ0n) is 17.4. The second-order valence-electron chi connectivity index (χ2n) is 7.33. The molecule has 1 heterocycles. The van der Waals surface area contributed by atoms with Gasteiger partial charge in [0.15, 0.2) is 0 Å². The molecule has 2 amide bonds. The second-order valence-corrected chi connectivity index (χ2v) is 7.33. The van der Waals surface area contributed by atoms with Crippen molar-refractivity contribution in [1.82, 2.24) is 0 Å². The second kappa shape index (κ2) is 8.99. The topological polar surface area (TPSA) is 67.9 Å². The molecule has 1 aliphatic rings. The number of carbonyl (C=O) groups excluding carboxylic acids is 2. The molecule has 3 rings (SSSR count). The van der Waals surface area contributed by atoms with Crippen molar-refractivity contribution in [2.75, 3.05) is 31.0 Å². The minimum absolute atomic E-state index is 0.0937. The molecule has 29 heavy (non-hydrogen) atoms. The van der Waals surface area contributed by atoms with Gasteiger partial charge in [0.1, 0.15) is 11.5 Å². The lowest BCUT2D eigenvalue weighted by Gasteiger charge is -2.20. The third-order valence-corrected chi connectivity index (χ3v) is 5.54. The van der Waals surface area contributed by atoms with Gasteiger partial charge in [0.25, 0.3) is 0 Å². The van der Waals surface area contributed by atoms with E-state index in [1.807, 2.05) is 24.3 Å². The van der Waals surface area contributed by atoms with Crippen LogP contribution >= 0.6 is 0 Å². The molecule has 2 atom stereocenters. The Bertz CT molecular complexity index is 896. The fraction of sp³-hybridized carbons (Fsp3) is 0.391. The maximum Gasteiger partial charge on any atom is 0.229 e. The van der Waals surface area contributed by atoms with Gasteiger partial charge in [-0.25, -0.2) is 0 Å². The Hall–Kier alpha value is -3.02. The lowest BCUT2D eigenvalue weighted by Crippen LogP contribution is -2.28. The number of hydrogen-bond donors (Lipinski definition) is 1. The predicted octanol–water partition coefficient (Wildman–Crippen LogP) is 4.21. The van der Waals surface area contributed by atoms with Crippen molar-refractivity contribution in [3.05, 3.63) is 48.0 Å². The summed E-state index contributed by atoms with van der Waals surface area (Å²) in [6.07, 6.45) is 1.16. The Labute approximate surface area is 171 Å². The van der Waals surface area contributed by atoms with Gasteiger partial charge in [-0.3, -0.25) is 9.59 Å². The smallest absolute Gasteiger partial charge is 0.229 e. The lowest BCUT2D eigenvalue weighted by molar-refractivity contribution is -0.122. The van der Waals surface area contributed by atoms with Gasteiger partial charge in [-0.1, -0.05) is 32.0 Å². The summed E-state index contributed by atoms with van der Waals surface area (Å²) in [7, 11) is 3.13. The van der Waals surface area contributed by atoms with E-state index in [1.165, 1.54) is 0 Å². The molecule has 2 aromatic carbocycles. The molecule has 1 saturated heterocycles. The number of para-hydroxylation sites is 1. The Morgan fingerprint density at radius 2 is 1.97 bits per heavy atom. The number of nitrogens with one attached hydrogen (secondary N) is 1. The molecular weight excluding hydrogens is 368 g/mol. The van der Waals surface area contributed by atoms with Gasteiger partial charge >= 0.3 is 0 Å². The van der Waals surface area contributed by atoms with Crippen LogP contribution in [0.25, 0.3) is 0 Å². The van der Waals surface area contributed by atoms with Crippen LogP contribution in [0.3, 0.4) is 0 Å². The van der Waals surface area contributed by atoms with E-state index in [4.69, 9.17) is 9.47 Å². The van der Waals surface area contributed by atoms with Crippen molar-refractivity contribution in [1.29, 1.82) is 0 Å². The number of nitrogens with zero attached hydrogens (tertiary/aromatic N) is 1. The van der Waals surface area contributed by atoms with Gasteiger partial charge < -0.3 is 19.7 Å². The van der Waals surface area contributed by atoms with Crippen LogP contribution < -0.4 is 19.7 Å². The van der Waals surface area contributed by atoms with E-state index < -0.39 is 5.92 Å². The summed E-state index contributed by atoms with van der Waals surface area (Å²) >= 11 is 0. The fourth-order valence-corrected chi connectivity index (χ4v) is 3.62. The summed E-state index contributed by atoms with van der Waals surface area (Å²) in [5.41, 5.74) is 2.58. The average molecular weight is 396 g/mol. The van der Waals surface area contributed by atoms with Crippen LogP contribution in [0.2, 0.25) is 0 Å². The van der Waals surface area contributed by atoms with Gasteiger partial charge in [-0.2, -0.15) is 0 Å². The van der Waals surface area contributed by atoms with Crippen molar-refractivity contribution in [2.45, 2.75) is 32.6 Å². The first-order chi connectivity index (χ1) is 14.0. The molecule has 0 spiro atoms. The number of rotatable bonds is 7. The highest BCUT2D eigenvalue weighted by atomic mass is 16.5. The van der Waals surface area contributed by atoms with E-state index in [2.05, 4.69) is 19.2 Å². The third kappa shape index (κ3) is 4.36. The molecule has 154 valence electrons. The molecule has 0 radical (unpaired) electrons. The number of hydrogen-bond acceptors (Lipinski definition) is 4. The summed E-state index contributed by atoms with van der Waals surface area (Å²) in [6.45, 7) is 4.58. The van der Waals surface area contributed by atoms with Gasteiger partial charge in [0, 0.05) is 24.7 Å². The molecule has 1 aliphatic heterocycles. The Morgan fingerprint density at radius 3 is 2.66 bits per heavy atom. The summed E-state index contributed by atoms with van der Waals surface area (Å²) in [5.74, 6) is 0.887. The lowest BCUT2D eigenvalue weighted by atomic mass is 9.96. The highest BCUT2D eigenvalue weighted by Gasteiger charge is 2.36. The standard InChI is InChI=1S/C23H28N2O4/c1-5-15(2)18-8-6-7-9-19(18)24-23(27)16-12-22(26)25(14-16)20-11-10-17(28-3)13-21(20)29-4/h6-11,13,15-16H,5,12,14H2,1-4H3,(H,24,27)/t15-,16+/m1/s1. The summed E-state index contributed by atoms with van der Waals surface area (Å²) in [5, 5.41) is 3.04. The normalized spacial score (nSPS) is 17.2. The predicted molar refractivity (Wildman–Crippen MR) is 114 cm³/mol. The quantitative estimate of drug-likeness (QED) is 0.761. The monoisotopic (exact) mass is 396 g/mol. The highest BCUT2D eigenvalue weighted by molar-refractivity contribution is 6.04. The fourth-order valence-electron chi connectivity index (χ4n) is 3.62. The molecule has 0 aromatic heterocycles. The number of amides is 2. The van der Waals surface area contributed by atoms with Crippen LogP contribution in [-0.4, -0.2) is 32.6 Å². The molecular formula is C23H28N2O4. The first-order valence-corrected chi connectivity index (χ1v) is 9.90. The molecule has 0 aliphatic carbocycles. The van der Waals surface area contributed by atoms with Crippen molar-refractivity contribution >= 4 is 23.2 Å². The van der Waals surface area contributed by atoms with Crippen molar-refractivity contribution in [3.63, 3.8) is 0 Å². The van der Waals surface area contributed by atoms with Gasteiger partial charge in [0.2, 0.25) is 11.8 Å². The number of ether oxygens (including phenoxy) is 2. The van der Waals surface area contributed by atoms with Crippen LogP contribution in [-0.2, 0) is 9.59 Å². The number of carbonyl (C=O) groups is 2. The maximum absolute atomic E-state index is 12.9. The summed E-state index contributed by atoms with van der Waals surface area (Å²) in [4.78, 5) is 27.2. The van der Waals surface area contributed by atoms with Crippen LogP contribution in [0.4, 0.5) is 11.4 Å². The van der Waals surface area contributed by atoms with E-state index in [1.54, 1.807) is 37.3 Å². The molecule has 0 bridgehead atoms. The van der Waals surface area contributed by atoms with E-state index >= 15 is 0 Å². The minimum Gasteiger partial charge on any atom is -0.497 e. The van der Waals surface area contributed by atoms with Crippen LogP contribution in [0.1, 0.15) is 38.2 Å². The molecule has 2 aromatic rings. The first-order valence-electron chi connectivity index (χ1n) is 9.90. The summed E-state index contributed by atoms with van der Waals surface area (Å²) < 4.78 is 10.6. The minimum atomic E-state index is -0.417. The Kier molecular flexibility index (Phi) is 6.42. The SMILES string of the molecule is CC[C@@H](C)c1ccccc1NC(=O)[C@H]1CC(=O)N(c2ccc(OC)cc2OC)C1. The van der Waals surface area contributed by atoms with E-state index in [9.17, 15) is 9.59 Å². The highest BCUT2D eigenvalue weighted by Crippen LogP contribution is 2.36. The van der Waals surface area contributed by atoms with Crippen molar-refractivity contribution in [3.8, 4) is 11.5 Å². The zero-order valence-corrected chi connectivity index (χ0v) is 17.4. The zero-order chi connectivity index (χ0) is 21.0. The average Bonchev–Trinajstić information content (AvgIpc) is 3.14. The number of anilines is 2. The molecule has 6 heteroatoms. The molecule has 0 unspecified atom stereocenters. The molecule has 1 fully saturated rings. The van der Waals surface area contributed by atoms with E-state index in [-0.39, 0.29) is 18.2 Å². The molecule has 0 saturated carbocycles. The first kappa shape index (κ1) is 20.7. The van der Waals surface area contributed by atoms with Crippen molar-refractivity contribution in [2.24, 2.45) is 5.92 Å². The van der Waals surface area contributed by atoms with E-state index in [0.29, 0.717) is 29.6 Å².